The second-order valence-corrected chi connectivity index (χ2v) is 4.55. The van der Waals surface area contributed by atoms with Crippen LogP contribution in [0, 0.1) is 5.92 Å². The Bertz CT molecular complexity index is 341. The van der Waals surface area contributed by atoms with Crippen molar-refractivity contribution in [2.75, 3.05) is 10.7 Å². The van der Waals surface area contributed by atoms with E-state index in [1.165, 1.54) is 32.0 Å². The largest absolute Gasteiger partial charge is 0.367 e. The molecule has 5 nitrogen and oxygen atoms in total. The highest BCUT2D eigenvalue weighted by atomic mass is 15.3. The molecule has 1 aromatic heterocycles. The Morgan fingerprint density at radius 3 is 2.88 bits per heavy atom. The van der Waals surface area contributed by atoms with Gasteiger partial charge in [0.15, 0.2) is 0 Å². The molecule has 5 heteroatoms. The maximum Gasteiger partial charge on any atom is 0.145 e. The third-order valence-electron chi connectivity index (χ3n) is 3.10. The predicted octanol–water partition coefficient (Wildman–Crippen LogP) is 1.75. The molecule has 0 saturated heterocycles. The Kier molecular flexibility index (Phi) is 3.56. The first kappa shape index (κ1) is 11.1. The van der Waals surface area contributed by atoms with Crippen molar-refractivity contribution in [3.63, 3.8) is 0 Å². The van der Waals surface area contributed by atoms with Crippen LogP contribution in [0.2, 0.25) is 0 Å². The standard InChI is InChI=1S/C11H19N5/c1-8-3-2-4-9(5-8)15-10-6-11(16-12)14-7-13-10/h6-9H,2-5,12H2,1H3,(H2,13,14,15,16). The molecule has 0 radical (unpaired) electrons. The van der Waals surface area contributed by atoms with Gasteiger partial charge in [-0.15, -0.1) is 0 Å². The van der Waals surface area contributed by atoms with E-state index < -0.39 is 0 Å². The summed E-state index contributed by atoms with van der Waals surface area (Å²) >= 11 is 0. The fraction of sp³-hybridized carbons (Fsp3) is 0.636. The number of anilines is 2. The van der Waals surface area contributed by atoms with Gasteiger partial charge in [-0.3, -0.25) is 0 Å². The number of hydrogen-bond donors (Lipinski definition) is 3. The topological polar surface area (TPSA) is 75.9 Å². The third-order valence-corrected chi connectivity index (χ3v) is 3.10. The monoisotopic (exact) mass is 221 g/mol. The van der Waals surface area contributed by atoms with Crippen LogP contribution in [0.4, 0.5) is 11.6 Å². The maximum atomic E-state index is 5.31. The molecule has 1 heterocycles. The van der Waals surface area contributed by atoms with Crippen LogP contribution in [-0.4, -0.2) is 16.0 Å². The molecule has 0 bridgehead atoms. The number of hydrogen-bond acceptors (Lipinski definition) is 5. The van der Waals surface area contributed by atoms with E-state index in [0.29, 0.717) is 11.9 Å². The number of nitrogen functional groups attached to an aromatic ring is 1. The fourth-order valence-corrected chi connectivity index (χ4v) is 2.29. The van der Waals surface area contributed by atoms with Crippen molar-refractivity contribution < 1.29 is 0 Å². The molecule has 1 aliphatic rings. The Balaban J connectivity index is 1.97. The van der Waals surface area contributed by atoms with Gasteiger partial charge >= 0.3 is 0 Å². The van der Waals surface area contributed by atoms with Gasteiger partial charge in [0.2, 0.25) is 0 Å². The lowest BCUT2D eigenvalue weighted by atomic mass is 9.87. The van der Waals surface area contributed by atoms with E-state index in [-0.39, 0.29) is 0 Å². The van der Waals surface area contributed by atoms with Gasteiger partial charge in [-0.1, -0.05) is 19.8 Å². The number of rotatable bonds is 3. The van der Waals surface area contributed by atoms with E-state index in [4.69, 9.17) is 5.84 Å². The molecule has 0 aliphatic heterocycles. The van der Waals surface area contributed by atoms with Crippen LogP contribution in [0.15, 0.2) is 12.4 Å². The van der Waals surface area contributed by atoms with Crippen LogP contribution in [-0.2, 0) is 0 Å². The molecule has 4 N–H and O–H groups in total. The highest BCUT2D eigenvalue weighted by Crippen LogP contribution is 2.25. The summed E-state index contributed by atoms with van der Waals surface area (Å²) in [5.74, 6) is 7.60. The van der Waals surface area contributed by atoms with Gasteiger partial charge < -0.3 is 10.7 Å². The molecule has 2 unspecified atom stereocenters. The second-order valence-electron chi connectivity index (χ2n) is 4.55. The van der Waals surface area contributed by atoms with Crippen LogP contribution in [0.1, 0.15) is 32.6 Å². The molecule has 0 spiro atoms. The SMILES string of the molecule is CC1CCCC(Nc2cc(NN)ncn2)C1. The summed E-state index contributed by atoms with van der Waals surface area (Å²) in [5, 5.41) is 3.44. The number of hydrazine groups is 1. The van der Waals surface area contributed by atoms with Gasteiger partial charge in [0.05, 0.1) is 0 Å². The van der Waals surface area contributed by atoms with Gasteiger partial charge in [-0.05, 0) is 18.8 Å². The normalized spacial score (nSPS) is 25.1. The minimum Gasteiger partial charge on any atom is -0.367 e. The zero-order chi connectivity index (χ0) is 11.4. The Morgan fingerprint density at radius 2 is 2.12 bits per heavy atom. The zero-order valence-electron chi connectivity index (χ0n) is 9.61. The summed E-state index contributed by atoms with van der Waals surface area (Å²) in [7, 11) is 0. The third kappa shape index (κ3) is 2.82. The summed E-state index contributed by atoms with van der Waals surface area (Å²) < 4.78 is 0. The summed E-state index contributed by atoms with van der Waals surface area (Å²) in [6.07, 6.45) is 6.60. The van der Waals surface area contributed by atoms with Crippen molar-refractivity contribution in [1.29, 1.82) is 0 Å². The van der Waals surface area contributed by atoms with Crippen LogP contribution in [0.25, 0.3) is 0 Å². The Labute approximate surface area is 95.8 Å². The number of nitrogens with zero attached hydrogens (tertiary/aromatic N) is 2. The van der Waals surface area contributed by atoms with E-state index in [0.717, 1.165) is 11.7 Å². The Hall–Kier alpha value is -1.36. The highest BCUT2D eigenvalue weighted by molar-refractivity contribution is 5.46. The number of nitrogens with two attached hydrogens (primary N) is 1. The summed E-state index contributed by atoms with van der Waals surface area (Å²) in [5.41, 5.74) is 2.52. The Morgan fingerprint density at radius 1 is 1.31 bits per heavy atom. The lowest BCUT2D eigenvalue weighted by molar-refractivity contribution is 0.358. The van der Waals surface area contributed by atoms with Gasteiger partial charge in [-0.2, -0.15) is 0 Å². The van der Waals surface area contributed by atoms with E-state index in [9.17, 15) is 0 Å². The van der Waals surface area contributed by atoms with Gasteiger partial charge in [0, 0.05) is 12.1 Å². The first-order chi connectivity index (χ1) is 7.78. The average molecular weight is 221 g/mol. The molecule has 2 atom stereocenters. The quantitative estimate of drug-likeness (QED) is 0.535. The van der Waals surface area contributed by atoms with Crippen LogP contribution >= 0.6 is 0 Å². The average Bonchev–Trinajstić information content (AvgIpc) is 2.29. The minimum absolute atomic E-state index is 0.532. The van der Waals surface area contributed by atoms with Crippen molar-refractivity contribution in [2.24, 2.45) is 11.8 Å². The van der Waals surface area contributed by atoms with Gasteiger partial charge in [0.25, 0.3) is 0 Å². The molecule has 2 rings (SSSR count). The van der Waals surface area contributed by atoms with E-state index in [1.807, 2.05) is 6.07 Å². The second kappa shape index (κ2) is 5.12. The first-order valence-corrected chi connectivity index (χ1v) is 5.83. The van der Waals surface area contributed by atoms with Crippen molar-refractivity contribution >= 4 is 11.6 Å². The van der Waals surface area contributed by atoms with Gasteiger partial charge in [-0.25, -0.2) is 15.8 Å². The van der Waals surface area contributed by atoms with Crippen LogP contribution in [0.3, 0.4) is 0 Å². The van der Waals surface area contributed by atoms with Crippen molar-refractivity contribution in [2.45, 2.75) is 38.6 Å². The molecule has 0 aromatic carbocycles. The van der Waals surface area contributed by atoms with Crippen molar-refractivity contribution in [1.82, 2.24) is 9.97 Å². The first-order valence-electron chi connectivity index (χ1n) is 5.83. The van der Waals surface area contributed by atoms with E-state index >= 15 is 0 Å². The smallest absolute Gasteiger partial charge is 0.145 e. The van der Waals surface area contributed by atoms with Crippen LogP contribution < -0.4 is 16.6 Å². The van der Waals surface area contributed by atoms with E-state index in [1.54, 1.807) is 0 Å². The molecular weight excluding hydrogens is 202 g/mol. The predicted molar refractivity (Wildman–Crippen MR) is 64.9 cm³/mol. The lowest BCUT2D eigenvalue weighted by Crippen LogP contribution is -2.26. The molecule has 88 valence electrons. The summed E-state index contributed by atoms with van der Waals surface area (Å²) in [4.78, 5) is 8.17. The molecule has 1 aromatic rings. The van der Waals surface area contributed by atoms with Gasteiger partial charge in [0.1, 0.15) is 18.0 Å². The highest BCUT2D eigenvalue weighted by Gasteiger charge is 2.18. The molecule has 1 aliphatic carbocycles. The van der Waals surface area contributed by atoms with E-state index in [2.05, 4.69) is 27.6 Å². The fourth-order valence-electron chi connectivity index (χ4n) is 2.29. The van der Waals surface area contributed by atoms with Crippen LogP contribution in [0.5, 0.6) is 0 Å². The van der Waals surface area contributed by atoms with Crippen molar-refractivity contribution in [3.05, 3.63) is 12.4 Å². The minimum atomic E-state index is 0.532. The number of aromatic nitrogens is 2. The molecule has 16 heavy (non-hydrogen) atoms. The molecular formula is C11H19N5. The maximum absolute atomic E-state index is 5.31. The summed E-state index contributed by atoms with van der Waals surface area (Å²) in [6, 6.07) is 2.36. The molecule has 1 saturated carbocycles. The molecule has 0 amide bonds. The number of nitrogens with one attached hydrogen (secondary N) is 2. The summed E-state index contributed by atoms with van der Waals surface area (Å²) in [6.45, 7) is 2.31. The van der Waals surface area contributed by atoms with Crippen molar-refractivity contribution in [3.8, 4) is 0 Å². The molecule has 1 fully saturated rings. The lowest BCUT2D eigenvalue weighted by Gasteiger charge is -2.27. The zero-order valence-corrected chi connectivity index (χ0v) is 9.61.